The van der Waals surface area contributed by atoms with Gasteiger partial charge in [-0.25, -0.2) is 4.98 Å². The van der Waals surface area contributed by atoms with E-state index in [0.29, 0.717) is 30.0 Å². The van der Waals surface area contributed by atoms with Crippen LogP contribution in [0.15, 0.2) is 61.2 Å². The summed E-state index contributed by atoms with van der Waals surface area (Å²) >= 11 is 0. The first-order valence-corrected chi connectivity index (χ1v) is 10.2. The zero-order chi connectivity index (χ0) is 23.5. The van der Waals surface area contributed by atoms with Crippen molar-refractivity contribution < 1.29 is 19.0 Å². The molecular formula is C25H24N4O4. The maximum atomic E-state index is 12.9. The number of methoxy groups -OCH3 is 1. The Balaban J connectivity index is 1.62. The lowest BCUT2D eigenvalue weighted by Crippen LogP contribution is -2.32. The molecule has 0 fully saturated rings. The van der Waals surface area contributed by atoms with Crippen LogP contribution < -0.4 is 14.8 Å². The molecule has 1 aromatic heterocycles. The SMILES string of the molecule is C#CCOC(C(=O)NCCc1ccc(OCC#N)c(OC)c1)c1ccc(-n2ccnc2)cc1. The third-order valence-corrected chi connectivity index (χ3v) is 4.80. The van der Waals surface area contributed by atoms with Crippen LogP contribution in [0.3, 0.4) is 0 Å². The molecule has 0 aliphatic carbocycles. The van der Waals surface area contributed by atoms with Crippen molar-refractivity contribution in [1.29, 1.82) is 5.26 Å². The summed E-state index contributed by atoms with van der Waals surface area (Å²) in [5.41, 5.74) is 2.57. The smallest absolute Gasteiger partial charge is 0.253 e. The van der Waals surface area contributed by atoms with E-state index in [1.54, 1.807) is 18.6 Å². The van der Waals surface area contributed by atoms with Crippen molar-refractivity contribution in [2.45, 2.75) is 12.5 Å². The molecule has 1 unspecified atom stereocenters. The number of nitrogens with zero attached hydrogens (tertiary/aromatic N) is 3. The lowest BCUT2D eigenvalue weighted by molar-refractivity contribution is -0.132. The van der Waals surface area contributed by atoms with Crippen molar-refractivity contribution in [2.75, 3.05) is 26.9 Å². The Morgan fingerprint density at radius 3 is 2.70 bits per heavy atom. The Hall–Kier alpha value is -4.27. The monoisotopic (exact) mass is 444 g/mol. The van der Waals surface area contributed by atoms with Gasteiger partial charge in [-0.2, -0.15) is 5.26 Å². The normalized spacial score (nSPS) is 11.1. The number of rotatable bonds is 11. The van der Waals surface area contributed by atoms with E-state index in [4.69, 9.17) is 25.9 Å². The number of nitrogens with one attached hydrogen (secondary N) is 1. The van der Waals surface area contributed by atoms with E-state index in [-0.39, 0.29) is 19.1 Å². The molecule has 0 aliphatic rings. The summed E-state index contributed by atoms with van der Waals surface area (Å²) in [5.74, 6) is 3.16. The molecule has 1 amide bonds. The van der Waals surface area contributed by atoms with E-state index in [2.05, 4.69) is 16.2 Å². The quantitative estimate of drug-likeness (QED) is 0.457. The van der Waals surface area contributed by atoms with Crippen molar-refractivity contribution in [2.24, 2.45) is 0 Å². The van der Waals surface area contributed by atoms with Gasteiger partial charge in [-0.05, 0) is 41.8 Å². The Labute approximate surface area is 192 Å². The highest BCUT2D eigenvalue weighted by Crippen LogP contribution is 2.28. The van der Waals surface area contributed by atoms with Gasteiger partial charge in [0.05, 0.1) is 13.4 Å². The molecule has 168 valence electrons. The molecule has 0 radical (unpaired) electrons. The minimum absolute atomic E-state index is 0.0166. The summed E-state index contributed by atoms with van der Waals surface area (Å²) in [7, 11) is 1.53. The number of benzene rings is 2. The first-order chi connectivity index (χ1) is 16.2. The molecule has 1 heterocycles. The number of amides is 1. The van der Waals surface area contributed by atoms with Gasteiger partial charge < -0.3 is 24.1 Å². The van der Waals surface area contributed by atoms with Crippen LogP contribution in [0.5, 0.6) is 11.5 Å². The van der Waals surface area contributed by atoms with Gasteiger partial charge in [0.2, 0.25) is 0 Å². The molecule has 0 saturated heterocycles. The molecular weight excluding hydrogens is 420 g/mol. The van der Waals surface area contributed by atoms with Crippen LogP contribution in [0, 0.1) is 23.7 Å². The predicted octanol–water partition coefficient (Wildman–Crippen LogP) is 2.83. The molecule has 2 aromatic carbocycles. The molecule has 0 saturated carbocycles. The highest BCUT2D eigenvalue weighted by molar-refractivity contribution is 5.82. The van der Waals surface area contributed by atoms with Crippen molar-refractivity contribution >= 4 is 5.91 Å². The Morgan fingerprint density at radius 2 is 2.03 bits per heavy atom. The summed E-state index contributed by atoms with van der Waals surface area (Å²) in [6.45, 7) is 0.347. The number of ether oxygens (including phenoxy) is 3. The second kappa shape index (κ2) is 11.9. The molecule has 0 bridgehead atoms. The third-order valence-electron chi connectivity index (χ3n) is 4.80. The summed E-state index contributed by atoms with van der Waals surface area (Å²) in [6, 6.07) is 14.8. The third kappa shape index (κ3) is 6.36. The number of hydrogen-bond acceptors (Lipinski definition) is 6. The maximum absolute atomic E-state index is 12.9. The van der Waals surface area contributed by atoms with E-state index in [0.717, 1.165) is 11.3 Å². The van der Waals surface area contributed by atoms with Gasteiger partial charge in [-0.3, -0.25) is 4.79 Å². The number of carbonyl (C=O) groups excluding carboxylic acids is 1. The Kier molecular flexibility index (Phi) is 8.47. The number of nitriles is 1. The molecule has 0 spiro atoms. The molecule has 3 aromatic rings. The van der Waals surface area contributed by atoms with Gasteiger partial charge in [-0.15, -0.1) is 6.42 Å². The fraction of sp³-hybridized carbons (Fsp3) is 0.240. The van der Waals surface area contributed by atoms with Crippen LogP contribution in [-0.4, -0.2) is 42.3 Å². The lowest BCUT2D eigenvalue weighted by Gasteiger charge is -2.17. The maximum Gasteiger partial charge on any atom is 0.253 e. The molecule has 33 heavy (non-hydrogen) atoms. The number of terminal acetylenes is 1. The van der Waals surface area contributed by atoms with E-state index in [1.807, 2.05) is 53.2 Å². The molecule has 8 heteroatoms. The minimum Gasteiger partial charge on any atom is -0.493 e. The molecule has 3 rings (SSSR count). The highest BCUT2D eigenvalue weighted by atomic mass is 16.5. The molecule has 8 nitrogen and oxygen atoms in total. The number of carbonyl (C=O) groups is 1. The standard InChI is InChI=1S/C25H24N4O4/c1-3-15-33-24(20-5-7-21(8-6-20)29-14-13-27-18-29)25(30)28-12-10-19-4-9-22(32-16-11-26)23(17-19)31-2/h1,4-9,13-14,17-18,24H,10,12,15-16H2,2H3,(H,28,30). The van der Waals surface area contributed by atoms with Gasteiger partial charge in [0.25, 0.3) is 5.91 Å². The summed E-state index contributed by atoms with van der Waals surface area (Å²) < 4.78 is 18.2. The van der Waals surface area contributed by atoms with E-state index < -0.39 is 6.10 Å². The van der Waals surface area contributed by atoms with Crippen LogP contribution in [0.2, 0.25) is 0 Å². The Morgan fingerprint density at radius 1 is 1.21 bits per heavy atom. The number of hydrogen-bond donors (Lipinski definition) is 1. The largest absolute Gasteiger partial charge is 0.493 e. The highest BCUT2D eigenvalue weighted by Gasteiger charge is 2.21. The first kappa shape index (κ1) is 23.4. The van der Waals surface area contributed by atoms with Gasteiger partial charge in [0, 0.05) is 24.6 Å². The van der Waals surface area contributed by atoms with Crippen molar-refractivity contribution in [3.8, 4) is 35.6 Å². The van der Waals surface area contributed by atoms with Gasteiger partial charge in [-0.1, -0.05) is 24.1 Å². The van der Waals surface area contributed by atoms with Crippen molar-refractivity contribution in [3.05, 3.63) is 72.3 Å². The fourth-order valence-electron chi connectivity index (χ4n) is 3.21. The second-order valence-corrected chi connectivity index (χ2v) is 6.93. The van der Waals surface area contributed by atoms with Gasteiger partial charge in [0.1, 0.15) is 12.7 Å². The Bertz CT molecular complexity index is 1130. The number of aromatic nitrogens is 2. The summed E-state index contributed by atoms with van der Waals surface area (Å²) in [6.07, 6.45) is 10.3. The topological polar surface area (TPSA) is 98.4 Å². The van der Waals surface area contributed by atoms with Crippen molar-refractivity contribution in [3.63, 3.8) is 0 Å². The van der Waals surface area contributed by atoms with E-state index >= 15 is 0 Å². The van der Waals surface area contributed by atoms with Crippen LogP contribution >= 0.6 is 0 Å². The van der Waals surface area contributed by atoms with Crippen LogP contribution in [0.25, 0.3) is 5.69 Å². The number of imidazole rings is 1. The van der Waals surface area contributed by atoms with Gasteiger partial charge >= 0.3 is 0 Å². The summed E-state index contributed by atoms with van der Waals surface area (Å²) in [4.78, 5) is 16.9. The fourth-order valence-corrected chi connectivity index (χ4v) is 3.21. The van der Waals surface area contributed by atoms with Crippen LogP contribution in [-0.2, 0) is 16.0 Å². The van der Waals surface area contributed by atoms with Crippen molar-refractivity contribution in [1.82, 2.24) is 14.9 Å². The zero-order valence-corrected chi connectivity index (χ0v) is 18.2. The van der Waals surface area contributed by atoms with Crippen LogP contribution in [0.4, 0.5) is 0 Å². The first-order valence-electron chi connectivity index (χ1n) is 10.2. The van der Waals surface area contributed by atoms with E-state index in [1.165, 1.54) is 7.11 Å². The average Bonchev–Trinajstić information content (AvgIpc) is 3.39. The average molecular weight is 444 g/mol. The molecule has 0 aliphatic heterocycles. The van der Waals surface area contributed by atoms with Gasteiger partial charge in [0.15, 0.2) is 24.2 Å². The predicted molar refractivity (Wildman–Crippen MR) is 122 cm³/mol. The molecule has 1 atom stereocenters. The summed E-state index contributed by atoms with van der Waals surface area (Å²) in [5, 5.41) is 11.6. The second-order valence-electron chi connectivity index (χ2n) is 6.93. The minimum atomic E-state index is -0.825. The molecule has 1 N–H and O–H groups in total. The van der Waals surface area contributed by atoms with E-state index in [9.17, 15) is 4.79 Å². The van der Waals surface area contributed by atoms with Crippen LogP contribution in [0.1, 0.15) is 17.2 Å². The zero-order valence-electron chi connectivity index (χ0n) is 18.2. The lowest BCUT2D eigenvalue weighted by atomic mass is 10.1.